The number of ketones is 1. The number of ether oxygens (including phenoxy) is 3. The van der Waals surface area contributed by atoms with Crippen molar-refractivity contribution in [3.63, 3.8) is 0 Å². The summed E-state index contributed by atoms with van der Waals surface area (Å²) in [5, 5.41) is 2.93. The van der Waals surface area contributed by atoms with Gasteiger partial charge in [-0.3, -0.25) is 24.1 Å². The van der Waals surface area contributed by atoms with Crippen LogP contribution >= 0.6 is 0 Å². The van der Waals surface area contributed by atoms with E-state index in [4.69, 9.17) is 14.2 Å². The summed E-state index contributed by atoms with van der Waals surface area (Å²) in [7, 11) is 1.56. The van der Waals surface area contributed by atoms with Crippen LogP contribution in [0.4, 0.5) is 11.4 Å². The van der Waals surface area contributed by atoms with Crippen LogP contribution in [0, 0.1) is 6.92 Å². The summed E-state index contributed by atoms with van der Waals surface area (Å²) in [4.78, 5) is 56.7. The number of amides is 3. The smallest absolute Gasteiger partial charge is 0.299 e. The molecule has 0 saturated heterocycles. The molecule has 2 aliphatic rings. The second-order valence-electron chi connectivity index (χ2n) is 10.5. The van der Waals surface area contributed by atoms with E-state index in [0.717, 1.165) is 11.1 Å². The predicted octanol–water partition coefficient (Wildman–Crippen LogP) is 4.67. The van der Waals surface area contributed by atoms with E-state index < -0.39 is 36.1 Å². The number of carbonyl (C=O) groups is 4. The highest BCUT2D eigenvalue weighted by Gasteiger charge is 2.39. The fourth-order valence-electron chi connectivity index (χ4n) is 5.29. The van der Waals surface area contributed by atoms with Crippen LogP contribution in [0.2, 0.25) is 0 Å². The second-order valence-corrected chi connectivity index (χ2v) is 10.5. The second kappa shape index (κ2) is 11.9. The maximum Gasteiger partial charge on any atom is 0.299 e. The van der Waals surface area contributed by atoms with Crippen LogP contribution in [0.3, 0.4) is 0 Å². The van der Waals surface area contributed by atoms with Gasteiger partial charge in [0.15, 0.2) is 11.5 Å². The third-order valence-corrected chi connectivity index (χ3v) is 7.60. The van der Waals surface area contributed by atoms with Crippen molar-refractivity contribution in [3.8, 4) is 17.2 Å². The van der Waals surface area contributed by atoms with Gasteiger partial charge in [0.25, 0.3) is 17.6 Å². The lowest BCUT2D eigenvalue weighted by Gasteiger charge is -2.33. The molecule has 0 bridgehead atoms. The Labute approximate surface area is 253 Å². The number of nitrogens with zero attached hydrogens (tertiary/aromatic N) is 2. The normalized spacial score (nSPS) is 13.8. The molecule has 4 aromatic rings. The molecule has 44 heavy (non-hydrogen) atoms. The van der Waals surface area contributed by atoms with Gasteiger partial charge in [0, 0.05) is 18.3 Å². The Morgan fingerprint density at radius 2 is 1.66 bits per heavy atom. The number of hydrogen-bond donors (Lipinski definition) is 1. The number of nitrogens with one attached hydrogen (secondary N) is 1. The first-order chi connectivity index (χ1) is 21.3. The molecule has 0 radical (unpaired) electrons. The van der Waals surface area contributed by atoms with Gasteiger partial charge >= 0.3 is 0 Å². The standard InChI is InChI=1S/C34H29N3O7/c1-21-7-11-23(12-8-21)31(33(40)35-24-13-16-28-29(17-24)44-20-43-28)37(18-22-9-14-25(42-2)15-10-22)30(38)19-36-27-6-4-3-5-26(27)32(39)34(36)41/h3-17,31H,18-20H2,1-2H3,(H,35,40). The Bertz CT molecular complexity index is 1750. The molecule has 222 valence electrons. The molecule has 2 heterocycles. The van der Waals surface area contributed by atoms with E-state index in [2.05, 4.69) is 5.32 Å². The Morgan fingerprint density at radius 3 is 2.41 bits per heavy atom. The van der Waals surface area contributed by atoms with Gasteiger partial charge in [-0.15, -0.1) is 0 Å². The number of para-hydroxylation sites is 1. The first-order valence-corrected chi connectivity index (χ1v) is 14.0. The maximum absolute atomic E-state index is 14.3. The van der Waals surface area contributed by atoms with Crippen molar-refractivity contribution in [3.05, 3.63) is 113 Å². The Morgan fingerprint density at radius 1 is 0.932 bits per heavy atom. The number of anilines is 2. The molecule has 0 aliphatic carbocycles. The molecule has 0 saturated carbocycles. The van der Waals surface area contributed by atoms with Gasteiger partial charge < -0.3 is 24.4 Å². The van der Waals surface area contributed by atoms with E-state index in [9.17, 15) is 19.2 Å². The zero-order valence-corrected chi connectivity index (χ0v) is 24.1. The first-order valence-electron chi connectivity index (χ1n) is 14.0. The average Bonchev–Trinajstić information content (AvgIpc) is 3.60. The first kappa shape index (κ1) is 28.5. The Kier molecular flexibility index (Phi) is 7.72. The van der Waals surface area contributed by atoms with Crippen LogP contribution in [-0.4, -0.2) is 48.9 Å². The van der Waals surface area contributed by atoms with Crippen molar-refractivity contribution in [2.75, 3.05) is 30.7 Å². The van der Waals surface area contributed by atoms with Crippen molar-refractivity contribution in [2.45, 2.75) is 19.5 Å². The maximum atomic E-state index is 14.3. The monoisotopic (exact) mass is 591 g/mol. The predicted molar refractivity (Wildman–Crippen MR) is 162 cm³/mol. The molecule has 2 aliphatic heterocycles. The molecule has 0 spiro atoms. The summed E-state index contributed by atoms with van der Waals surface area (Å²) in [6.45, 7) is 1.62. The van der Waals surface area contributed by atoms with Gasteiger partial charge in [-0.05, 0) is 54.4 Å². The number of rotatable bonds is 9. The third kappa shape index (κ3) is 5.57. The summed E-state index contributed by atoms with van der Waals surface area (Å²) in [6, 6.07) is 25.0. The number of benzene rings is 4. The highest BCUT2D eigenvalue weighted by atomic mass is 16.7. The summed E-state index contributed by atoms with van der Waals surface area (Å²) in [5.41, 5.74) is 3.34. The molecule has 3 amide bonds. The summed E-state index contributed by atoms with van der Waals surface area (Å²) in [5.74, 6) is -0.758. The molecule has 1 atom stereocenters. The van der Waals surface area contributed by atoms with E-state index in [1.54, 1.807) is 86.0 Å². The van der Waals surface area contributed by atoms with Gasteiger partial charge in [0.2, 0.25) is 12.7 Å². The van der Waals surface area contributed by atoms with Gasteiger partial charge in [0.1, 0.15) is 18.3 Å². The van der Waals surface area contributed by atoms with Crippen LogP contribution in [0.15, 0.2) is 91.0 Å². The summed E-state index contributed by atoms with van der Waals surface area (Å²) < 4.78 is 16.2. The van der Waals surface area contributed by atoms with E-state index in [-0.39, 0.29) is 18.9 Å². The van der Waals surface area contributed by atoms with E-state index in [1.807, 2.05) is 19.1 Å². The molecule has 4 aromatic carbocycles. The van der Waals surface area contributed by atoms with Gasteiger partial charge in [-0.2, -0.15) is 0 Å². The summed E-state index contributed by atoms with van der Waals surface area (Å²) in [6.07, 6.45) is 0. The zero-order chi connectivity index (χ0) is 30.8. The number of hydrogen-bond acceptors (Lipinski definition) is 7. The minimum absolute atomic E-state index is 0.0353. The largest absolute Gasteiger partial charge is 0.497 e. The molecule has 10 heteroatoms. The summed E-state index contributed by atoms with van der Waals surface area (Å²) >= 11 is 0. The van der Waals surface area contributed by atoms with Crippen molar-refractivity contribution < 1.29 is 33.4 Å². The van der Waals surface area contributed by atoms with Crippen molar-refractivity contribution >= 4 is 34.9 Å². The lowest BCUT2D eigenvalue weighted by molar-refractivity contribution is -0.139. The number of aryl methyl sites for hydroxylation is 1. The molecule has 1 N–H and O–H groups in total. The van der Waals surface area contributed by atoms with Crippen LogP contribution in [0.25, 0.3) is 0 Å². The Balaban J connectivity index is 1.38. The van der Waals surface area contributed by atoms with Crippen LogP contribution < -0.4 is 24.4 Å². The molecule has 0 aromatic heterocycles. The molecular formula is C34H29N3O7. The van der Waals surface area contributed by atoms with Gasteiger partial charge in [-0.25, -0.2) is 0 Å². The van der Waals surface area contributed by atoms with E-state index in [0.29, 0.717) is 34.2 Å². The number of methoxy groups -OCH3 is 1. The molecule has 6 rings (SSSR count). The Hall–Kier alpha value is -5.64. The van der Waals surface area contributed by atoms with E-state index >= 15 is 0 Å². The number of Topliss-reactive ketones (excluding diaryl/α,β-unsaturated/α-hetero) is 1. The molecular weight excluding hydrogens is 562 g/mol. The third-order valence-electron chi connectivity index (χ3n) is 7.60. The van der Waals surface area contributed by atoms with E-state index in [1.165, 1.54) is 9.80 Å². The minimum atomic E-state index is -1.10. The number of fused-ring (bicyclic) bond motifs is 2. The molecule has 10 nitrogen and oxygen atoms in total. The van der Waals surface area contributed by atoms with Crippen LogP contribution in [0.1, 0.15) is 33.1 Å². The quantitative estimate of drug-likeness (QED) is 0.282. The van der Waals surface area contributed by atoms with Crippen molar-refractivity contribution in [1.29, 1.82) is 0 Å². The van der Waals surface area contributed by atoms with Gasteiger partial charge in [-0.1, -0.05) is 54.1 Å². The molecule has 0 fully saturated rings. The lowest BCUT2D eigenvalue weighted by atomic mass is 10.0. The van der Waals surface area contributed by atoms with Crippen LogP contribution in [-0.2, 0) is 20.9 Å². The van der Waals surface area contributed by atoms with Crippen LogP contribution in [0.5, 0.6) is 17.2 Å². The highest BCUT2D eigenvalue weighted by Crippen LogP contribution is 2.35. The fraction of sp³-hybridized carbons (Fsp3) is 0.176. The van der Waals surface area contributed by atoms with Gasteiger partial charge in [0.05, 0.1) is 18.4 Å². The van der Waals surface area contributed by atoms with Crippen molar-refractivity contribution in [2.24, 2.45) is 0 Å². The highest BCUT2D eigenvalue weighted by molar-refractivity contribution is 6.52. The zero-order valence-electron chi connectivity index (χ0n) is 24.1. The average molecular weight is 592 g/mol. The lowest BCUT2D eigenvalue weighted by Crippen LogP contribution is -2.46. The SMILES string of the molecule is COc1ccc(CN(C(=O)CN2C(=O)C(=O)c3ccccc32)C(C(=O)Nc2ccc3c(c2)OCO3)c2ccc(C)cc2)cc1. The van der Waals surface area contributed by atoms with Crippen molar-refractivity contribution in [1.82, 2.24) is 4.90 Å². The fourth-order valence-corrected chi connectivity index (χ4v) is 5.29. The minimum Gasteiger partial charge on any atom is -0.497 e. The topological polar surface area (TPSA) is 114 Å². The molecule has 1 unspecified atom stereocenters. The number of carbonyl (C=O) groups excluding carboxylic acids is 4.